The maximum atomic E-state index is 13.1. The summed E-state index contributed by atoms with van der Waals surface area (Å²) in [6.45, 7) is 0. The molecule has 0 unspecified atom stereocenters. The van der Waals surface area contributed by atoms with Crippen molar-refractivity contribution in [1.82, 2.24) is 0 Å². The Morgan fingerprint density at radius 3 is 2.37 bits per heavy atom. The Balaban J connectivity index is 1.83. The highest BCUT2D eigenvalue weighted by Crippen LogP contribution is 2.31. The lowest BCUT2D eigenvalue weighted by Crippen LogP contribution is -2.22. The molecular formula is C25H17F3N2O5. The summed E-state index contributed by atoms with van der Waals surface area (Å²) in [5.74, 6) is -1.48. The van der Waals surface area contributed by atoms with Gasteiger partial charge in [0.2, 0.25) is 5.55 Å². The molecule has 1 amide bonds. The van der Waals surface area contributed by atoms with Gasteiger partial charge in [-0.3, -0.25) is 4.79 Å². The minimum absolute atomic E-state index is 0.0450. The fourth-order valence-electron chi connectivity index (χ4n) is 3.30. The van der Waals surface area contributed by atoms with Gasteiger partial charge < -0.3 is 19.6 Å². The Morgan fingerprint density at radius 2 is 1.71 bits per heavy atom. The van der Waals surface area contributed by atoms with Gasteiger partial charge in [-0.1, -0.05) is 18.2 Å². The van der Waals surface area contributed by atoms with E-state index in [-0.39, 0.29) is 22.4 Å². The molecule has 0 aliphatic rings. The summed E-state index contributed by atoms with van der Waals surface area (Å²) in [5, 5.41) is 12.0. The number of amides is 1. The van der Waals surface area contributed by atoms with Crippen molar-refractivity contribution < 1.29 is 37.0 Å². The van der Waals surface area contributed by atoms with Crippen LogP contribution in [0.4, 0.5) is 24.5 Å². The van der Waals surface area contributed by atoms with E-state index in [0.717, 1.165) is 12.1 Å². The van der Waals surface area contributed by atoms with Gasteiger partial charge in [0, 0.05) is 11.1 Å². The second kappa shape index (κ2) is 9.34. The molecule has 178 valence electrons. The molecule has 0 aliphatic carbocycles. The molecule has 4 rings (SSSR count). The summed E-state index contributed by atoms with van der Waals surface area (Å²) in [4.78, 5) is 28.5. The predicted molar refractivity (Wildman–Crippen MR) is 121 cm³/mol. The summed E-state index contributed by atoms with van der Waals surface area (Å²) in [5.41, 5.74) is -0.532. The molecule has 0 bridgehead atoms. The number of fused-ring (bicyclic) bond motifs is 1. The Hall–Kier alpha value is -4.60. The van der Waals surface area contributed by atoms with Crippen molar-refractivity contribution in [2.24, 2.45) is 4.99 Å². The summed E-state index contributed by atoms with van der Waals surface area (Å²) in [6.07, 6.45) is -4.57. The van der Waals surface area contributed by atoms with Crippen molar-refractivity contribution in [3.05, 3.63) is 95.0 Å². The van der Waals surface area contributed by atoms with Gasteiger partial charge in [0.05, 0.1) is 23.9 Å². The Kier molecular flexibility index (Phi) is 6.28. The number of halogens is 3. The van der Waals surface area contributed by atoms with Crippen molar-refractivity contribution in [2.75, 3.05) is 12.4 Å². The summed E-state index contributed by atoms with van der Waals surface area (Å²) < 4.78 is 50.4. The van der Waals surface area contributed by atoms with Crippen molar-refractivity contribution in [1.29, 1.82) is 0 Å². The molecule has 0 spiro atoms. The van der Waals surface area contributed by atoms with Crippen LogP contribution < -0.4 is 15.6 Å². The van der Waals surface area contributed by atoms with E-state index in [9.17, 15) is 22.8 Å². The van der Waals surface area contributed by atoms with Gasteiger partial charge >= 0.3 is 12.1 Å². The molecule has 0 fully saturated rings. The number of para-hydroxylation sites is 1. The first kappa shape index (κ1) is 23.6. The lowest BCUT2D eigenvalue weighted by molar-refractivity contribution is -0.137. The number of carboxylic acid groups (broad SMARTS) is 1. The monoisotopic (exact) mass is 482 g/mol. The number of carbonyl (C=O) groups is 2. The largest absolute Gasteiger partial charge is 0.493 e. The fourth-order valence-corrected chi connectivity index (χ4v) is 3.30. The quantitative estimate of drug-likeness (QED) is 0.383. The summed E-state index contributed by atoms with van der Waals surface area (Å²) in [6, 6.07) is 16.3. The number of nitrogens with zero attached hydrogens (tertiary/aromatic N) is 1. The van der Waals surface area contributed by atoms with Crippen LogP contribution in [0.2, 0.25) is 0 Å². The topological polar surface area (TPSA) is 101 Å². The second-order valence-electron chi connectivity index (χ2n) is 7.34. The Bertz CT molecular complexity index is 1490. The van der Waals surface area contributed by atoms with E-state index < -0.39 is 23.6 Å². The molecule has 3 aromatic carbocycles. The van der Waals surface area contributed by atoms with Crippen LogP contribution in [0.1, 0.15) is 26.3 Å². The van der Waals surface area contributed by atoms with E-state index in [0.29, 0.717) is 22.4 Å². The highest BCUT2D eigenvalue weighted by Gasteiger charge is 2.30. The zero-order valence-corrected chi connectivity index (χ0v) is 18.1. The lowest BCUT2D eigenvalue weighted by Gasteiger charge is -2.11. The first-order chi connectivity index (χ1) is 16.7. The van der Waals surface area contributed by atoms with E-state index in [2.05, 4.69) is 10.3 Å². The van der Waals surface area contributed by atoms with Crippen molar-refractivity contribution in [3.63, 3.8) is 0 Å². The molecule has 1 heterocycles. The number of carbonyl (C=O) groups excluding carboxylic acids is 1. The van der Waals surface area contributed by atoms with Crippen LogP contribution in [-0.2, 0) is 6.18 Å². The normalized spacial score (nSPS) is 11.9. The number of methoxy groups -OCH3 is 1. The average Bonchev–Trinajstić information content (AvgIpc) is 2.83. The third kappa shape index (κ3) is 5.16. The minimum Gasteiger partial charge on any atom is -0.493 e. The number of aromatic carboxylic acids is 1. The van der Waals surface area contributed by atoms with Gasteiger partial charge in [-0.25, -0.2) is 9.79 Å². The molecule has 10 heteroatoms. The SMILES string of the molecule is COc1cccc2cc(C(=O)Nc3cccc(C(F)(F)F)c3)c(=Nc3ccc(C(=O)O)cc3)oc12. The number of hydrogen-bond donors (Lipinski definition) is 2. The first-order valence-electron chi connectivity index (χ1n) is 10.1. The van der Waals surface area contributed by atoms with Crippen LogP contribution in [0.15, 0.2) is 82.2 Å². The number of carboxylic acids is 1. The van der Waals surface area contributed by atoms with Gasteiger partial charge in [0.15, 0.2) is 11.3 Å². The van der Waals surface area contributed by atoms with Crippen LogP contribution in [-0.4, -0.2) is 24.1 Å². The molecule has 0 saturated heterocycles. The van der Waals surface area contributed by atoms with Crippen molar-refractivity contribution in [3.8, 4) is 5.75 Å². The Labute approximate surface area is 196 Å². The zero-order chi connectivity index (χ0) is 25.2. The summed E-state index contributed by atoms with van der Waals surface area (Å²) >= 11 is 0. The molecule has 2 N–H and O–H groups in total. The van der Waals surface area contributed by atoms with Crippen LogP contribution in [0, 0.1) is 0 Å². The van der Waals surface area contributed by atoms with Crippen molar-refractivity contribution in [2.45, 2.75) is 6.18 Å². The van der Waals surface area contributed by atoms with E-state index in [4.69, 9.17) is 14.3 Å². The van der Waals surface area contributed by atoms with Crippen LogP contribution in [0.25, 0.3) is 11.0 Å². The highest BCUT2D eigenvalue weighted by molar-refractivity contribution is 6.05. The number of ether oxygens (including phenoxy) is 1. The van der Waals surface area contributed by atoms with E-state index in [1.807, 2.05) is 0 Å². The highest BCUT2D eigenvalue weighted by atomic mass is 19.4. The number of alkyl halides is 3. The number of rotatable bonds is 5. The standard InChI is InChI=1S/C25H17F3N2O5/c1-34-20-7-2-4-15-12-19(22(31)29-18-6-3-5-16(13-18)25(26,27)28)23(35-21(15)20)30-17-10-8-14(9-11-17)24(32)33/h2-13H,1H3,(H,29,31)(H,32,33). The number of benzene rings is 3. The van der Waals surface area contributed by atoms with E-state index in [1.165, 1.54) is 49.6 Å². The van der Waals surface area contributed by atoms with Crippen molar-refractivity contribution >= 4 is 34.2 Å². The molecule has 35 heavy (non-hydrogen) atoms. The van der Waals surface area contributed by atoms with E-state index >= 15 is 0 Å². The molecular weight excluding hydrogens is 465 g/mol. The minimum atomic E-state index is -4.57. The third-order valence-corrected chi connectivity index (χ3v) is 5.00. The molecule has 0 radical (unpaired) electrons. The molecule has 4 aromatic rings. The second-order valence-corrected chi connectivity index (χ2v) is 7.34. The smallest absolute Gasteiger partial charge is 0.416 e. The summed E-state index contributed by atoms with van der Waals surface area (Å²) in [7, 11) is 1.44. The average molecular weight is 482 g/mol. The molecule has 0 saturated carbocycles. The first-order valence-corrected chi connectivity index (χ1v) is 10.1. The maximum Gasteiger partial charge on any atom is 0.416 e. The molecule has 7 nitrogen and oxygen atoms in total. The fraction of sp³-hybridized carbons (Fsp3) is 0.0800. The maximum absolute atomic E-state index is 13.1. The molecule has 0 aliphatic heterocycles. The van der Waals surface area contributed by atoms with Gasteiger partial charge in [0.1, 0.15) is 5.56 Å². The van der Waals surface area contributed by atoms with Gasteiger partial charge in [-0.15, -0.1) is 0 Å². The van der Waals surface area contributed by atoms with Crippen LogP contribution >= 0.6 is 0 Å². The molecule has 0 atom stereocenters. The number of anilines is 1. The number of nitrogens with one attached hydrogen (secondary N) is 1. The zero-order valence-electron chi connectivity index (χ0n) is 18.1. The third-order valence-electron chi connectivity index (χ3n) is 5.00. The lowest BCUT2D eigenvalue weighted by atomic mass is 10.1. The van der Waals surface area contributed by atoms with Crippen LogP contribution in [0.3, 0.4) is 0 Å². The molecule has 1 aromatic heterocycles. The van der Waals surface area contributed by atoms with Gasteiger partial charge in [-0.2, -0.15) is 13.2 Å². The van der Waals surface area contributed by atoms with Gasteiger partial charge in [0.25, 0.3) is 5.91 Å². The predicted octanol–water partition coefficient (Wildman–Crippen LogP) is 5.64. The number of hydrogen-bond acceptors (Lipinski definition) is 5. The van der Waals surface area contributed by atoms with Crippen LogP contribution in [0.5, 0.6) is 5.75 Å². The Morgan fingerprint density at radius 1 is 1.00 bits per heavy atom. The van der Waals surface area contributed by atoms with E-state index in [1.54, 1.807) is 18.2 Å². The van der Waals surface area contributed by atoms with Gasteiger partial charge in [-0.05, 0) is 54.6 Å².